The lowest BCUT2D eigenvalue weighted by atomic mass is 10.1. The molecule has 32 heavy (non-hydrogen) atoms. The second-order valence-electron chi connectivity index (χ2n) is 7.95. The zero-order chi connectivity index (χ0) is 22.6. The molecule has 0 bridgehead atoms. The highest BCUT2D eigenvalue weighted by molar-refractivity contribution is 14.0. The zero-order valence-electron chi connectivity index (χ0n) is 19.9. The number of ether oxygens (including phenoxy) is 1. The van der Waals surface area contributed by atoms with Crippen LogP contribution in [0.5, 0.6) is 0 Å². The molecule has 2 rings (SSSR count). The Morgan fingerprint density at radius 3 is 2.41 bits per heavy atom. The number of carbonyl (C=O) groups is 1. The Morgan fingerprint density at radius 2 is 1.72 bits per heavy atom. The number of hydrogen-bond acceptors (Lipinski definition) is 3. The van der Waals surface area contributed by atoms with E-state index in [2.05, 4.69) is 35.8 Å². The van der Waals surface area contributed by atoms with E-state index in [0.29, 0.717) is 18.7 Å². The van der Waals surface area contributed by atoms with Crippen LogP contribution in [0.15, 0.2) is 53.5 Å². The van der Waals surface area contributed by atoms with Gasteiger partial charge in [0.05, 0.1) is 19.3 Å². The van der Waals surface area contributed by atoms with Crippen molar-refractivity contribution in [2.75, 3.05) is 27.2 Å². The summed E-state index contributed by atoms with van der Waals surface area (Å²) in [5.41, 5.74) is 4.14. The SMILES string of the molecule is CCNC(=NCc1cccc(COC(C)C)c1)NCCc1cccc(C(=O)N(C)C)c1.I. The van der Waals surface area contributed by atoms with Crippen molar-refractivity contribution in [3.05, 3.63) is 70.8 Å². The summed E-state index contributed by atoms with van der Waals surface area (Å²) >= 11 is 0. The Morgan fingerprint density at radius 1 is 1.03 bits per heavy atom. The maximum absolute atomic E-state index is 12.2. The van der Waals surface area contributed by atoms with Crippen LogP contribution in [0.3, 0.4) is 0 Å². The first kappa shape index (κ1) is 27.9. The number of aliphatic imine (C=N–C) groups is 1. The minimum absolute atomic E-state index is 0. The number of rotatable bonds is 10. The van der Waals surface area contributed by atoms with E-state index < -0.39 is 0 Å². The van der Waals surface area contributed by atoms with E-state index >= 15 is 0 Å². The van der Waals surface area contributed by atoms with E-state index in [0.717, 1.165) is 42.2 Å². The topological polar surface area (TPSA) is 66.0 Å². The van der Waals surface area contributed by atoms with Crippen molar-refractivity contribution in [2.24, 2.45) is 4.99 Å². The van der Waals surface area contributed by atoms with E-state index in [1.165, 1.54) is 0 Å². The van der Waals surface area contributed by atoms with E-state index in [4.69, 9.17) is 9.73 Å². The van der Waals surface area contributed by atoms with Gasteiger partial charge in [-0.1, -0.05) is 36.4 Å². The third-order valence-electron chi connectivity index (χ3n) is 4.62. The van der Waals surface area contributed by atoms with Gasteiger partial charge in [-0.2, -0.15) is 0 Å². The second kappa shape index (κ2) is 14.8. The molecule has 2 aromatic carbocycles. The summed E-state index contributed by atoms with van der Waals surface area (Å²) < 4.78 is 5.69. The number of benzene rings is 2. The van der Waals surface area contributed by atoms with Crippen molar-refractivity contribution >= 4 is 35.8 Å². The molecule has 2 aromatic rings. The first-order valence-corrected chi connectivity index (χ1v) is 10.9. The lowest BCUT2D eigenvalue weighted by Gasteiger charge is -2.13. The van der Waals surface area contributed by atoms with Crippen molar-refractivity contribution in [1.29, 1.82) is 0 Å². The standard InChI is InChI=1S/C25H36N4O2.HI/c1-6-26-25(28-17-21-10-7-11-22(15-21)18-31-19(2)3)27-14-13-20-9-8-12-23(16-20)24(30)29(4)5;/h7-12,15-16,19H,6,13-14,17-18H2,1-5H3,(H2,26,27,28);1H. The number of amides is 1. The maximum Gasteiger partial charge on any atom is 0.253 e. The molecule has 0 fully saturated rings. The van der Waals surface area contributed by atoms with Crippen LogP contribution in [0.1, 0.15) is 47.8 Å². The summed E-state index contributed by atoms with van der Waals surface area (Å²) in [6.45, 7) is 8.87. The minimum Gasteiger partial charge on any atom is -0.374 e. The van der Waals surface area contributed by atoms with Crippen LogP contribution < -0.4 is 10.6 Å². The summed E-state index contributed by atoms with van der Waals surface area (Å²) in [5.74, 6) is 0.803. The highest BCUT2D eigenvalue weighted by Crippen LogP contribution is 2.10. The van der Waals surface area contributed by atoms with Gasteiger partial charge in [-0.25, -0.2) is 4.99 Å². The first-order valence-electron chi connectivity index (χ1n) is 10.9. The number of carbonyl (C=O) groups excluding carboxylic acids is 1. The molecule has 0 heterocycles. The molecule has 0 aliphatic heterocycles. The third kappa shape index (κ3) is 9.99. The van der Waals surface area contributed by atoms with Gasteiger partial charge in [0, 0.05) is 32.7 Å². The van der Waals surface area contributed by atoms with Gasteiger partial charge in [0.1, 0.15) is 0 Å². The molecule has 0 spiro atoms. The molecule has 6 nitrogen and oxygen atoms in total. The second-order valence-corrected chi connectivity index (χ2v) is 7.95. The van der Waals surface area contributed by atoms with Gasteiger partial charge in [0.15, 0.2) is 5.96 Å². The molecular formula is C25H37IN4O2. The Balaban J connectivity index is 0.00000512. The fourth-order valence-electron chi connectivity index (χ4n) is 3.04. The minimum atomic E-state index is 0. The average Bonchev–Trinajstić information content (AvgIpc) is 2.76. The van der Waals surface area contributed by atoms with E-state index in [1.807, 2.05) is 44.2 Å². The van der Waals surface area contributed by atoms with Gasteiger partial charge in [0.25, 0.3) is 5.91 Å². The molecular weight excluding hydrogens is 515 g/mol. The Labute approximate surface area is 209 Å². The van der Waals surface area contributed by atoms with Gasteiger partial charge >= 0.3 is 0 Å². The van der Waals surface area contributed by atoms with Crippen LogP contribution in [0.25, 0.3) is 0 Å². The summed E-state index contributed by atoms with van der Waals surface area (Å²) in [4.78, 5) is 18.5. The Kier molecular flexibility index (Phi) is 12.9. The van der Waals surface area contributed by atoms with Crippen molar-refractivity contribution in [3.8, 4) is 0 Å². The van der Waals surface area contributed by atoms with Crippen LogP contribution in [0.4, 0.5) is 0 Å². The Bertz CT molecular complexity index is 869. The van der Waals surface area contributed by atoms with Gasteiger partial charge in [-0.15, -0.1) is 24.0 Å². The van der Waals surface area contributed by atoms with Crippen molar-refractivity contribution in [1.82, 2.24) is 15.5 Å². The number of nitrogens with zero attached hydrogens (tertiary/aromatic N) is 2. The van der Waals surface area contributed by atoms with Crippen LogP contribution in [-0.4, -0.2) is 50.1 Å². The predicted molar refractivity (Wildman–Crippen MR) is 143 cm³/mol. The summed E-state index contributed by atoms with van der Waals surface area (Å²) in [7, 11) is 3.53. The van der Waals surface area contributed by atoms with Crippen molar-refractivity contribution < 1.29 is 9.53 Å². The van der Waals surface area contributed by atoms with Gasteiger partial charge in [-0.3, -0.25) is 4.79 Å². The average molecular weight is 553 g/mol. The maximum atomic E-state index is 12.2. The summed E-state index contributed by atoms with van der Waals surface area (Å²) in [6, 6.07) is 16.1. The Hall–Kier alpha value is -2.13. The molecule has 0 radical (unpaired) electrons. The molecule has 0 saturated carbocycles. The zero-order valence-corrected chi connectivity index (χ0v) is 22.2. The van der Waals surface area contributed by atoms with Crippen LogP contribution in [0.2, 0.25) is 0 Å². The first-order chi connectivity index (χ1) is 14.9. The quantitative estimate of drug-likeness (QED) is 0.263. The van der Waals surface area contributed by atoms with Gasteiger partial charge in [0.2, 0.25) is 0 Å². The fraction of sp³-hybridized carbons (Fsp3) is 0.440. The summed E-state index contributed by atoms with van der Waals surface area (Å²) in [5, 5.41) is 6.68. The number of nitrogens with one attached hydrogen (secondary N) is 2. The van der Waals surface area contributed by atoms with Crippen LogP contribution >= 0.6 is 24.0 Å². The van der Waals surface area contributed by atoms with E-state index in [-0.39, 0.29) is 36.0 Å². The molecule has 1 amide bonds. The van der Waals surface area contributed by atoms with E-state index in [1.54, 1.807) is 19.0 Å². The number of guanidine groups is 1. The van der Waals surface area contributed by atoms with Crippen LogP contribution in [-0.2, 0) is 24.3 Å². The normalized spacial score (nSPS) is 11.1. The largest absolute Gasteiger partial charge is 0.374 e. The fourth-order valence-corrected chi connectivity index (χ4v) is 3.04. The molecule has 0 aromatic heterocycles. The number of halogens is 1. The molecule has 2 N–H and O–H groups in total. The molecule has 176 valence electrons. The lowest BCUT2D eigenvalue weighted by Crippen LogP contribution is -2.38. The molecule has 0 saturated heterocycles. The number of hydrogen-bond donors (Lipinski definition) is 2. The smallest absolute Gasteiger partial charge is 0.253 e. The summed E-state index contributed by atoms with van der Waals surface area (Å²) in [6.07, 6.45) is 1.02. The highest BCUT2D eigenvalue weighted by atomic mass is 127. The van der Waals surface area contributed by atoms with E-state index in [9.17, 15) is 4.79 Å². The molecule has 0 unspecified atom stereocenters. The predicted octanol–water partition coefficient (Wildman–Crippen LogP) is 4.23. The van der Waals surface area contributed by atoms with Crippen molar-refractivity contribution in [3.63, 3.8) is 0 Å². The van der Waals surface area contributed by atoms with Crippen LogP contribution in [0, 0.1) is 0 Å². The molecule has 7 heteroatoms. The van der Waals surface area contributed by atoms with Gasteiger partial charge < -0.3 is 20.3 Å². The lowest BCUT2D eigenvalue weighted by molar-refractivity contribution is 0.0657. The highest BCUT2D eigenvalue weighted by Gasteiger charge is 2.08. The van der Waals surface area contributed by atoms with Crippen molar-refractivity contribution in [2.45, 2.75) is 46.4 Å². The monoisotopic (exact) mass is 552 g/mol. The molecule has 0 aliphatic rings. The third-order valence-corrected chi connectivity index (χ3v) is 4.62. The molecule has 0 atom stereocenters. The molecule has 0 aliphatic carbocycles. The van der Waals surface area contributed by atoms with Gasteiger partial charge in [-0.05, 0) is 56.0 Å².